The molecule has 88 heavy (non-hydrogen) atoms. The van der Waals surface area contributed by atoms with E-state index in [4.69, 9.17) is 64.8 Å². The second-order valence-electron chi connectivity index (χ2n) is 23.1. The van der Waals surface area contributed by atoms with Gasteiger partial charge in [-0.15, -0.1) is 0 Å². The number of halogens is 2. The molecule has 2 aliphatic heterocycles. The van der Waals surface area contributed by atoms with Gasteiger partial charge in [-0.05, 0) is 178 Å². The maximum Gasteiger partial charge on any atom is 0.315 e. The number of sulfone groups is 1. The van der Waals surface area contributed by atoms with E-state index < -0.39 is 19.9 Å². The Kier molecular flexibility index (Phi) is 25.1. The lowest BCUT2D eigenvalue weighted by molar-refractivity contribution is -0.120. The van der Waals surface area contributed by atoms with Crippen LogP contribution in [0.4, 0.5) is 16.2 Å². The van der Waals surface area contributed by atoms with E-state index >= 15 is 0 Å². The van der Waals surface area contributed by atoms with Gasteiger partial charge in [-0.1, -0.05) is 29.6 Å². The largest absolute Gasteiger partial charge is 0.484 e. The minimum absolute atomic E-state index is 0.0186. The number of nitrogens with zero attached hydrogens (tertiary/aromatic N) is 4. The Balaban J connectivity index is 0.553. The smallest absolute Gasteiger partial charge is 0.315 e. The number of sulfonamides is 1. The van der Waals surface area contributed by atoms with Gasteiger partial charge in [-0.2, -0.15) is 0 Å². The lowest BCUT2D eigenvalue weighted by Crippen LogP contribution is -2.50. The number of fused-ring (bicyclic) bond motifs is 2. The maximum absolute atomic E-state index is 13.2. The minimum Gasteiger partial charge on any atom is -0.484 e. The zero-order chi connectivity index (χ0) is 61.9. The molecule has 2 amide bonds. The van der Waals surface area contributed by atoms with Crippen molar-refractivity contribution in [3.8, 4) is 11.5 Å². The van der Waals surface area contributed by atoms with Crippen molar-refractivity contribution in [2.24, 2.45) is 5.92 Å². The summed E-state index contributed by atoms with van der Waals surface area (Å²) < 4.78 is 90.8. The normalized spacial score (nSPS) is 21.4. The van der Waals surface area contributed by atoms with Crippen molar-refractivity contribution >= 4 is 66.3 Å². The molecule has 0 unspecified atom stereocenters. The molecule has 1 saturated carbocycles. The monoisotopic (exact) mass is 1290 g/mol. The number of urea groups is 1. The van der Waals surface area contributed by atoms with E-state index in [0.29, 0.717) is 104 Å². The topological polar surface area (TPSA) is 221 Å². The van der Waals surface area contributed by atoms with Gasteiger partial charge in [0.25, 0.3) is 0 Å². The highest BCUT2D eigenvalue weighted by atomic mass is 35.5. The number of carbonyl (C=O) groups excluding carboxylic acids is 2. The second kappa shape index (κ2) is 33.0. The molecule has 4 atom stereocenters. The fourth-order valence-electron chi connectivity index (χ4n) is 12.6. The highest BCUT2D eigenvalue weighted by Crippen LogP contribution is 2.46. The Labute approximate surface area is 528 Å². The predicted octanol–water partition coefficient (Wildman–Crippen LogP) is 9.38. The number of hydrogen-bond acceptors (Lipinski definition) is 15. The molecule has 2 saturated heterocycles. The molecule has 4 aromatic rings. The third kappa shape index (κ3) is 18.8. The van der Waals surface area contributed by atoms with Crippen LogP contribution in [0.15, 0.2) is 82.6 Å². The quantitative estimate of drug-likeness (QED) is 0.0264. The number of ether oxygens (including phenoxy) is 6. The number of benzene rings is 4. The van der Waals surface area contributed by atoms with Crippen molar-refractivity contribution < 1.29 is 54.8 Å². The summed E-state index contributed by atoms with van der Waals surface area (Å²) in [7, 11) is -7.37. The summed E-state index contributed by atoms with van der Waals surface area (Å²) in [5.41, 5.74) is 4.80. The number of likely N-dealkylation sites (tertiary alicyclic amines) is 1. The van der Waals surface area contributed by atoms with Crippen LogP contribution in [0.1, 0.15) is 105 Å². The van der Waals surface area contributed by atoms with Crippen LogP contribution in [0, 0.1) is 19.1 Å². The Hall–Kier alpha value is -5.44. The van der Waals surface area contributed by atoms with Gasteiger partial charge in [-0.3, -0.25) is 14.6 Å². The van der Waals surface area contributed by atoms with Crippen LogP contribution in [0.2, 0.25) is 10.0 Å². The molecule has 0 bridgehead atoms. The van der Waals surface area contributed by atoms with Crippen LogP contribution in [0.3, 0.4) is 0 Å². The van der Waals surface area contributed by atoms with Gasteiger partial charge < -0.3 is 44.4 Å². The van der Waals surface area contributed by atoms with Crippen LogP contribution in [0.5, 0.6) is 11.5 Å². The predicted molar refractivity (Wildman–Crippen MR) is 336 cm³/mol. The average molecular weight is 1290 g/mol. The van der Waals surface area contributed by atoms with Gasteiger partial charge in [-0.25, -0.2) is 36.0 Å². The van der Waals surface area contributed by atoms with Crippen molar-refractivity contribution in [2.75, 3.05) is 111 Å². The fourth-order valence-corrected chi connectivity index (χ4v) is 15.4. The van der Waals surface area contributed by atoms with Crippen LogP contribution >= 0.6 is 23.2 Å². The van der Waals surface area contributed by atoms with Crippen molar-refractivity contribution in [1.29, 1.82) is 0 Å². The fraction of sp³-hybridized carbons (Fsp3) is 0.562. The Bertz CT molecular complexity index is 3060. The molecule has 0 radical (unpaired) electrons. The van der Waals surface area contributed by atoms with E-state index in [9.17, 15) is 26.4 Å². The molecule has 0 spiro atoms. The SMILES string of the molecule is [C-]#[N+]c1cc(Cl)cc2c1C[C@H](N1CCCCC1)[C@H]2Oc1ccc(S(=O)(=O)NCCOCCOCCCC(=O)CC2CCC(NC(=O)NCCOCCOCCCS(=O)(=O)c3ccc(O[C@H]4c5cc(Cl)cc([N+]#[C-])c5C[C@@H]4N4CCNCC4)cc3)CC2)cc1. The highest BCUT2D eigenvalue weighted by molar-refractivity contribution is 7.91. The number of nitrogens with one attached hydrogen (secondary N) is 4. The lowest BCUT2D eigenvalue weighted by atomic mass is 9.83. The minimum atomic E-state index is -3.80. The molecule has 2 heterocycles. The molecule has 476 valence electrons. The summed E-state index contributed by atoms with van der Waals surface area (Å²) >= 11 is 12.9. The van der Waals surface area contributed by atoms with E-state index in [0.717, 1.165) is 100 Å². The molecule has 4 N–H and O–H groups in total. The first-order valence-corrected chi connectivity index (χ1v) is 34.8. The molecule has 20 nitrogen and oxygen atoms in total. The van der Waals surface area contributed by atoms with Gasteiger partial charge in [0, 0.05) is 81.4 Å². The molecule has 4 aromatic carbocycles. The number of rotatable bonds is 32. The van der Waals surface area contributed by atoms with Crippen molar-refractivity contribution in [2.45, 2.75) is 124 Å². The molecule has 3 fully saturated rings. The zero-order valence-corrected chi connectivity index (χ0v) is 53.0. The highest BCUT2D eigenvalue weighted by Gasteiger charge is 2.42. The number of piperazine rings is 1. The number of piperidine rings is 1. The van der Waals surface area contributed by atoms with Crippen LogP contribution < -0.4 is 30.1 Å². The molecule has 24 heteroatoms. The molecule has 3 aliphatic carbocycles. The zero-order valence-electron chi connectivity index (χ0n) is 49.9. The Morgan fingerprint density at radius 1 is 0.614 bits per heavy atom. The standard InChI is InChI=1S/C64H82Cl2N8O12S2/c1-67-58-41-46(65)39-56-54(58)43-60(73-25-4-3-5-26-73)62(56)86-51-15-19-53(20-16-51)88(79,80)71-24-32-84-36-33-81-29-6-8-49(75)38-45-9-11-48(12-10-45)72-64(76)70-23-31-83-35-34-82-30-7-37-87(77,78)52-17-13-50(14-18-52)85-63-57-40-47(66)42-59(68-2)55(57)44-61(63)74-27-21-69-22-28-74/h13-20,39-42,45,48,60-63,69,71H,3-12,21-38,43-44H2,(H2,70,72,76)/t45?,48?,60-,61-,62-,63-/m0/s1. The van der Waals surface area contributed by atoms with Crippen LogP contribution in [0.25, 0.3) is 9.69 Å². The Morgan fingerprint density at radius 2 is 1.12 bits per heavy atom. The van der Waals surface area contributed by atoms with Gasteiger partial charge in [0.15, 0.2) is 21.2 Å². The molecule has 9 rings (SSSR count). The summed E-state index contributed by atoms with van der Waals surface area (Å²) in [6.07, 6.45) is 9.25. The first-order chi connectivity index (χ1) is 42.7. The summed E-state index contributed by atoms with van der Waals surface area (Å²) in [6.45, 7) is 23.5. The van der Waals surface area contributed by atoms with E-state index in [2.05, 4.69) is 40.2 Å². The number of Topliss-reactive ketones (excluding diaryl/α,β-unsaturated/α-hetero) is 1. The molecule has 5 aliphatic rings. The first kappa shape index (κ1) is 67.0. The van der Waals surface area contributed by atoms with Crippen molar-refractivity contribution in [1.82, 2.24) is 30.5 Å². The van der Waals surface area contributed by atoms with Crippen molar-refractivity contribution in [3.63, 3.8) is 0 Å². The van der Waals surface area contributed by atoms with E-state index in [1.165, 1.54) is 18.6 Å². The van der Waals surface area contributed by atoms with Crippen LogP contribution in [-0.2, 0) is 56.4 Å². The Morgan fingerprint density at radius 3 is 1.68 bits per heavy atom. The summed E-state index contributed by atoms with van der Waals surface area (Å²) in [6, 6.07) is 19.9. The van der Waals surface area contributed by atoms with Crippen molar-refractivity contribution in [3.05, 3.63) is 128 Å². The molecule has 0 aromatic heterocycles. The first-order valence-electron chi connectivity index (χ1n) is 30.9. The van der Waals surface area contributed by atoms with E-state index in [1.807, 2.05) is 12.1 Å². The maximum atomic E-state index is 13.2. The second-order valence-corrected chi connectivity index (χ2v) is 27.9. The van der Waals surface area contributed by atoms with Gasteiger partial charge >= 0.3 is 6.03 Å². The number of amides is 2. The summed E-state index contributed by atoms with van der Waals surface area (Å²) in [4.78, 5) is 38.0. The molecular formula is C64H82Cl2N8O12S2. The lowest BCUT2D eigenvalue weighted by Gasteiger charge is -2.36. The van der Waals surface area contributed by atoms with E-state index in [-0.39, 0.29) is 96.6 Å². The van der Waals surface area contributed by atoms with E-state index in [1.54, 1.807) is 48.5 Å². The van der Waals surface area contributed by atoms with Gasteiger partial charge in [0.2, 0.25) is 10.0 Å². The number of hydrogen-bond donors (Lipinski definition) is 4. The number of carbonyl (C=O) groups is 2. The van der Waals surface area contributed by atoms with Gasteiger partial charge in [0.1, 0.15) is 29.5 Å². The third-order valence-corrected chi connectivity index (χ3v) is 20.8. The molecular weight excluding hydrogens is 1210 g/mol. The summed E-state index contributed by atoms with van der Waals surface area (Å²) in [5.74, 6) is 1.47. The van der Waals surface area contributed by atoms with Crippen LogP contribution in [-0.4, -0.2) is 168 Å². The number of ketones is 1. The average Bonchev–Trinajstić information content (AvgIpc) is 2.40. The third-order valence-electron chi connectivity index (χ3n) is 17.1. The van der Waals surface area contributed by atoms with Gasteiger partial charge in [0.05, 0.1) is 80.4 Å². The summed E-state index contributed by atoms with van der Waals surface area (Å²) in [5, 5.41) is 10.2.